The van der Waals surface area contributed by atoms with Gasteiger partial charge in [-0.3, -0.25) is 4.99 Å². The number of hydrogen-bond acceptors (Lipinski definition) is 2. The molecule has 0 aliphatic heterocycles. The Morgan fingerprint density at radius 1 is 1.50 bits per heavy atom. The maximum absolute atomic E-state index is 4.95. The summed E-state index contributed by atoms with van der Waals surface area (Å²) in [6, 6.07) is 0. The number of rotatable bonds is 1. The highest BCUT2D eigenvalue weighted by atomic mass is 16.5. The summed E-state index contributed by atoms with van der Waals surface area (Å²) in [5.41, 5.74) is 0. The summed E-state index contributed by atoms with van der Waals surface area (Å²) < 4.78 is 4.95. The van der Waals surface area contributed by atoms with Crippen LogP contribution in [0.25, 0.3) is 0 Å². The summed E-state index contributed by atoms with van der Waals surface area (Å²) in [7, 11) is 1.68. The quantitative estimate of drug-likeness (QED) is 0.287. The van der Waals surface area contributed by atoms with Gasteiger partial charge in [0, 0.05) is 14.0 Å². The Bertz CT molecular complexity index is 116. The molecule has 0 N–H and O–H groups in total. The zero-order chi connectivity index (χ0) is 6.57. The molecule has 0 aromatic carbocycles. The molecule has 2 heteroatoms. The summed E-state index contributed by atoms with van der Waals surface area (Å²) >= 11 is 0. The Hall–Kier alpha value is -0.790. The van der Waals surface area contributed by atoms with E-state index < -0.39 is 0 Å². The molecule has 0 rings (SSSR count). The van der Waals surface area contributed by atoms with Crippen molar-refractivity contribution in [1.82, 2.24) is 0 Å². The molecule has 46 valence electrons. The predicted molar refractivity (Wildman–Crippen MR) is 34.9 cm³/mol. The third-order valence-electron chi connectivity index (χ3n) is 0.637. The van der Waals surface area contributed by atoms with Gasteiger partial charge in [-0.15, -0.1) is 0 Å². The molecule has 0 radical (unpaired) electrons. The first kappa shape index (κ1) is 7.21. The zero-order valence-corrected chi connectivity index (χ0v) is 5.56. The zero-order valence-electron chi connectivity index (χ0n) is 5.56. The minimum Gasteiger partial charge on any atom is -0.449 e. The Morgan fingerprint density at radius 2 is 2.00 bits per heavy atom. The number of allylic oxidation sites excluding steroid dienone is 1. The van der Waals surface area contributed by atoms with Crippen LogP contribution in [0.4, 0.5) is 0 Å². The second-order valence-corrected chi connectivity index (χ2v) is 1.55. The average molecular weight is 113 g/mol. The monoisotopic (exact) mass is 113 g/mol. The Morgan fingerprint density at radius 3 is 2.12 bits per heavy atom. The van der Waals surface area contributed by atoms with Crippen molar-refractivity contribution in [3.63, 3.8) is 0 Å². The SMILES string of the molecule is C=C(C)OC(C)=NC. The lowest BCUT2D eigenvalue weighted by atomic mass is 10.6. The van der Waals surface area contributed by atoms with Crippen LogP contribution in [0.5, 0.6) is 0 Å². The van der Waals surface area contributed by atoms with Crippen molar-refractivity contribution in [3.8, 4) is 0 Å². The fourth-order valence-corrected chi connectivity index (χ4v) is 0.298. The van der Waals surface area contributed by atoms with Crippen LogP contribution in [0.1, 0.15) is 13.8 Å². The Labute approximate surface area is 49.9 Å². The van der Waals surface area contributed by atoms with Crippen LogP contribution in [-0.2, 0) is 4.74 Å². The van der Waals surface area contributed by atoms with E-state index in [1.807, 2.05) is 0 Å². The molecule has 0 amide bonds. The summed E-state index contributed by atoms with van der Waals surface area (Å²) in [5, 5.41) is 0. The number of nitrogens with zero attached hydrogens (tertiary/aromatic N) is 1. The minimum absolute atomic E-state index is 0.650. The molecule has 0 saturated carbocycles. The lowest BCUT2D eigenvalue weighted by molar-refractivity contribution is 0.416. The van der Waals surface area contributed by atoms with Crippen molar-refractivity contribution in [3.05, 3.63) is 12.3 Å². The fourth-order valence-electron chi connectivity index (χ4n) is 0.298. The summed E-state index contributed by atoms with van der Waals surface area (Å²) in [6.07, 6.45) is 0. The average Bonchev–Trinajstić information content (AvgIpc) is 1.65. The third-order valence-corrected chi connectivity index (χ3v) is 0.637. The van der Waals surface area contributed by atoms with Gasteiger partial charge in [-0.1, -0.05) is 6.58 Å². The molecular weight excluding hydrogens is 102 g/mol. The lowest BCUT2D eigenvalue weighted by Gasteiger charge is -1.99. The van der Waals surface area contributed by atoms with E-state index >= 15 is 0 Å². The van der Waals surface area contributed by atoms with E-state index in [4.69, 9.17) is 4.74 Å². The smallest absolute Gasteiger partial charge is 0.186 e. The molecule has 0 fully saturated rings. The highest BCUT2D eigenvalue weighted by Crippen LogP contribution is 1.90. The topological polar surface area (TPSA) is 21.6 Å². The largest absolute Gasteiger partial charge is 0.449 e. The first-order chi connectivity index (χ1) is 3.66. The van der Waals surface area contributed by atoms with Crippen LogP contribution >= 0.6 is 0 Å². The van der Waals surface area contributed by atoms with E-state index in [0.717, 1.165) is 0 Å². The van der Waals surface area contributed by atoms with E-state index in [2.05, 4.69) is 11.6 Å². The van der Waals surface area contributed by atoms with Gasteiger partial charge in [0.2, 0.25) is 0 Å². The maximum atomic E-state index is 4.95. The molecule has 0 bridgehead atoms. The van der Waals surface area contributed by atoms with Crippen molar-refractivity contribution in [1.29, 1.82) is 0 Å². The summed E-state index contributed by atoms with van der Waals surface area (Å²) in [5.74, 6) is 1.32. The van der Waals surface area contributed by atoms with Crippen LogP contribution in [0.2, 0.25) is 0 Å². The van der Waals surface area contributed by atoms with Gasteiger partial charge in [0.15, 0.2) is 5.90 Å². The van der Waals surface area contributed by atoms with Crippen molar-refractivity contribution >= 4 is 5.90 Å². The first-order valence-corrected chi connectivity index (χ1v) is 2.43. The van der Waals surface area contributed by atoms with E-state index in [1.165, 1.54) is 0 Å². The molecule has 0 spiro atoms. The fraction of sp³-hybridized carbons (Fsp3) is 0.500. The van der Waals surface area contributed by atoms with Crippen LogP contribution in [-0.4, -0.2) is 12.9 Å². The van der Waals surface area contributed by atoms with Crippen LogP contribution in [0, 0.1) is 0 Å². The van der Waals surface area contributed by atoms with E-state index in [1.54, 1.807) is 20.9 Å². The van der Waals surface area contributed by atoms with E-state index in [9.17, 15) is 0 Å². The molecule has 0 atom stereocenters. The van der Waals surface area contributed by atoms with Crippen molar-refractivity contribution in [2.45, 2.75) is 13.8 Å². The number of ether oxygens (including phenoxy) is 1. The normalized spacial score (nSPS) is 11.1. The van der Waals surface area contributed by atoms with Gasteiger partial charge in [-0.2, -0.15) is 0 Å². The Kier molecular flexibility index (Phi) is 2.92. The molecule has 0 aliphatic carbocycles. The minimum atomic E-state index is 0.650. The summed E-state index contributed by atoms with van der Waals surface area (Å²) in [4.78, 5) is 3.76. The molecule has 0 aromatic rings. The molecular formula is C6H11NO. The molecule has 0 aliphatic rings. The maximum Gasteiger partial charge on any atom is 0.186 e. The van der Waals surface area contributed by atoms with Gasteiger partial charge >= 0.3 is 0 Å². The van der Waals surface area contributed by atoms with Gasteiger partial charge < -0.3 is 4.74 Å². The van der Waals surface area contributed by atoms with Gasteiger partial charge in [-0.25, -0.2) is 0 Å². The van der Waals surface area contributed by atoms with Crippen molar-refractivity contribution < 1.29 is 4.74 Å². The summed E-state index contributed by atoms with van der Waals surface area (Å²) in [6.45, 7) is 7.11. The van der Waals surface area contributed by atoms with Crippen molar-refractivity contribution in [2.75, 3.05) is 7.05 Å². The molecule has 2 nitrogen and oxygen atoms in total. The van der Waals surface area contributed by atoms with Gasteiger partial charge in [0.05, 0.1) is 5.76 Å². The highest BCUT2D eigenvalue weighted by Gasteiger charge is 1.85. The van der Waals surface area contributed by atoms with E-state index in [0.29, 0.717) is 11.7 Å². The van der Waals surface area contributed by atoms with Crippen molar-refractivity contribution in [2.24, 2.45) is 4.99 Å². The second kappa shape index (κ2) is 3.24. The molecule has 0 heterocycles. The number of hydrogen-bond donors (Lipinski definition) is 0. The van der Waals surface area contributed by atoms with Crippen LogP contribution < -0.4 is 0 Å². The Balaban J connectivity index is 3.56. The van der Waals surface area contributed by atoms with Crippen LogP contribution in [0.3, 0.4) is 0 Å². The predicted octanol–water partition coefficient (Wildman–Crippen LogP) is 1.58. The third kappa shape index (κ3) is 3.40. The molecule has 0 unspecified atom stereocenters. The molecule has 8 heavy (non-hydrogen) atoms. The van der Waals surface area contributed by atoms with E-state index in [-0.39, 0.29) is 0 Å². The van der Waals surface area contributed by atoms with Gasteiger partial charge in [0.1, 0.15) is 0 Å². The van der Waals surface area contributed by atoms with Gasteiger partial charge in [0.25, 0.3) is 0 Å². The second-order valence-electron chi connectivity index (χ2n) is 1.55. The lowest BCUT2D eigenvalue weighted by Crippen LogP contribution is -1.94. The number of aliphatic imine (C=N–C) groups is 1. The first-order valence-electron chi connectivity index (χ1n) is 2.43. The van der Waals surface area contributed by atoms with Gasteiger partial charge in [-0.05, 0) is 6.92 Å². The molecule has 0 saturated heterocycles. The van der Waals surface area contributed by atoms with Crippen LogP contribution in [0.15, 0.2) is 17.3 Å². The molecule has 0 aromatic heterocycles. The standard InChI is InChI=1S/C6H11NO/c1-5(2)8-6(3)7-4/h1H2,2-4H3. The highest BCUT2D eigenvalue weighted by molar-refractivity contribution is 5.73.